The molecule has 0 saturated carbocycles. The molecule has 0 fully saturated rings. The van der Waals surface area contributed by atoms with Gasteiger partial charge in [-0.3, -0.25) is 4.55 Å². The molecule has 0 aliphatic carbocycles. The van der Waals surface area contributed by atoms with Crippen LogP contribution in [0, 0.1) is 6.92 Å². The van der Waals surface area contributed by atoms with E-state index in [1.165, 1.54) is 18.3 Å². The predicted octanol–water partition coefficient (Wildman–Crippen LogP) is -1.23. The zero-order chi connectivity index (χ0) is 10.5. The van der Waals surface area contributed by atoms with Gasteiger partial charge in [0.1, 0.15) is 5.75 Å². The number of aryl methyl sites for hydroxylation is 1. The predicted molar refractivity (Wildman–Crippen MR) is 53.9 cm³/mol. The van der Waals surface area contributed by atoms with Crippen molar-refractivity contribution in [3.05, 3.63) is 16.3 Å². The van der Waals surface area contributed by atoms with Crippen LogP contribution in [0.4, 0.5) is 0 Å². The van der Waals surface area contributed by atoms with Crippen LogP contribution in [-0.2, 0) is 10.1 Å². The molecule has 0 radical (unpaired) electrons. The average Bonchev–Trinajstić information content (AvgIpc) is 2.36. The van der Waals surface area contributed by atoms with Gasteiger partial charge >= 0.3 is 29.6 Å². The van der Waals surface area contributed by atoms with Gasteiger partial charge in [-0.15, -0.1) is 11.3 Å². The van der Waals surface area contributed by atoms with E-state index in [1.54, 1.807) is 5.38 Å². The first-order valence-corrected chi connectivity index (χ1v) is 6.09. The minimum Gasteiger partial charge on any atom is -1.00 e. The number of thiophene rings is 1. The molecule has 14 heavy (non-hydrogen) atoms. The van der Waals surface area contributed by atoms with E-state index < -0.39 is 10.1 Å². The van der Waals surface area contributed by atoms with Gasteiger partial charge in [0, 0.05) is 10.9 Å². The summed E-state index contributed by atoms with van der Waals surface area (Å²) in [5.74, 6) is 0.206. The van der Waals surface area contributed by atoms with Crippen LogP contribution < -0.4 is 29.6 Å². The van der Waals surface area contributed by atoms with E-state index in [-0.39, 0.29) is 36.7 Å². The summed E-state index contributed by atoms with van der Waals surface area (Å²) in [6.07, 6.45) is 0. The fourth-order valence-electron chi connectivity index (χ4n) is 0.354. The third kappa shape index (κ3) is 8.98. The summed E-state index contributed by atoms with van der Waals surface area (Å²) >= 11 is 1.52. The molecule has 0 aliphatic heterocycles. The number of rotatable bonds is 1. The Hall–Kier alpha value is 0.410. The first-order valence-electron chi connectivity index (χ1n) is 3.53. The van der Waals surface area contributed by atoms with Gasteiger partial charge in [-0.25, -0.2) is 0 Å². The van der Waals surface area contributed by atoms with E-state index in [1.807, 2.05) is 12.3 Å². The molecular weight excluding hydrogens is 235 g/mol. The summed E-state index contributed by atoms with van der Waals surface area (Å²) in [4.78, 5) is 0. The number of aromatic hydroxyl groups is 1. The second-order valence-electron chi connectivity index (χ2n) is 2.31. The Morgan fingerprint density at radius 2 is 1.93 bits per heavy atom. The van der Waals surface area contributed by atoms with Crippen LogP contribution >= 0.6 is 11.3 Å². The van der Waals surface area contributed by atoms with Crippen molar-refractivity contribution in [2.24, 2.45) is 0 Å². The Morgan fingerprint density at radius 3 is 2.00 bits per heavy atom. The zero-order valence-corrected chi connectivity index (χ0v) is 12.0. The number of hydrogen-bond donors (Lipinski definition) is 2. The molecule has 0 unspecified atom stereocenters. The first-order chi connectivity index (χ1) is 5.87. The Bertz CT molecular complexity index is 333. The van der Waals surface area contributed by atoms with Crippen molar-refractivity contribution in [3.63, 3.8) is 0 Å². The molecule has 0 bridgehead atoms. The summed E-state index contributed by atoms with van der Waals surface area (Å²) in [5.41, 5.74) is 0.963. The molecule has 1 heterocycles. The molecule has 0 spiro atoms. The Morgan fingerprint density at radius 1 is 1.50 bits per heavy atom. The van der Waals surface area contributed by atoms with E-state index in [2.05, 4.69) is 0 Å². The standard InChI is InChI=1S/C5H6OS.C2H6O3S.Na.H/c1-4-2-7-3-5(4)6;1-2-6(3,4)5;;/h2-3,6H,1H3;2H2,1H3,(H,3,4,5);;/q;;+1;-1. The monoisotopic (exact) mass is 248 g/mol. The van der Waals surface area contributed by atoms with Gasteiger partial charge in [-0.2, -0.15) is 8.42 Å². The molecule has 0 amide bonds. The minimum absolute atomic E-state index is 0. The van der Waals surface area contributed by atoms with E-state index in [0.29, 0.717) is 5.75 Å². The topological polar surface area (TPSA) is 74.6 Å². The maximum Gasteiger partial charge on any atom is 1.00 e. The van der Waals surface area contributed by atoms with E-state index in [9.17, 15) is 8.42 Å². The molecule has 7 heteroatoms. The van der Waals surface area contributed by atoms with Crippen LogP contribution in [0.15, 0.2) is 10.8 Å². The molecule has 78 valence electrons. The van der Waals surface area contributed by atoms with Gasteiger partial charge in [0.25, 0.3) is 10.1 Å². The molecule has 1 aromatic heterocycles. The summed E-state index contributed by atoms with van der Waals surface area (Å²) in [6.45, 7) is 3.25. The Kier molecular flexibility index (Phi) is 9.22. The summed E-state index contributed by atoms with van der Waals surface area (Å²) in [6, 6.07) is 0. The molecule has 0 saturated heterocycles. The Labute approximate surface area is 111 Å². The molecule has 1 aromatic rings. The summed E-state index contributed by atoms with van der Waals surface area (Å²) < 4.78 is 26.9. The molecule has 2 N–H and O–H groups in total. The van der Waals surface area contributed by atoms with E-state index in [4.69, 9.17) is 9.66 Å². The van der Waals surface area contributed by atoms with Crippen molar-refractivity contribution in [2.75, 3.05) is 5.75 Å². The average molecular weight is 248 g/mol. The molecule has 4 nitrogen and oxygen atoms in total. The molecular formula is C7H13NaO4S2. The van der Waals surface area contributed by atoms with Gasteiger partial charge in [0.05, 0.1) is 5.75 Å². The summed E-state index contributed by atoms with van der Waals surface area (Å²) in [7, 11) is -3.66. The van der Waals surface area contributed by atoms with Crippen molar-refractivity contribution in [3.8, 4) is 5.75 Å². The second kappa shape index (κ2) is 7.67. The van der Waals surface area contributed by atoms with Crippen LogP contribution in [0.3, 0.4) is 0 Å². The van der Waals surface area contributed by atoms with Crippen molar-refractivity contribution in [1.29, 1.82) is 0 Å². The third-order valence-corrected chi connectivity index (χ3v) is 2.77. The smallest absolute Gasteiger partial charge is 1.00 e. The number of hydrogen-bond acceptors (Lipinski definition) is 4. The van der Waals surface area contributed by atoms with Crippen molar-refractivity contribution >= 4 is 21.5 Å². The molecule has 0 aliphatic rings. The molecule has 0 aromatic carbocycles. The summed E-state index contributed by atoms with van der Waals surface area (Å²) in [5, 5.41) is 12.4. The molecule has 1 rings (SSSR count). The first kappa shape index (κ1) is 16.8. The maximum atomic E-state index is 9.56. The van der Waals surface area contributed by atoms with Gasteiger partial charge in [0.15, 0.2) is 0 Å². The minimum atomic E-state index is -3.66. The third-order valence-electron chi connectivity index (χ3n) is 1.19. The Balaban J connectivity index is -0.000000172. The fraction of sp³-hybridized carbons (Fsp3) is 0.429. The van der Waals surface area contributed by atoms with Crippen LogP contribution in [0.1, 0.15) is 13.9 Å². The zero-order valence-electron chi connectivity index (χ0n) is 9.39. The SMILES string of the molecule is CCS(=O)(=O)O.Cc1cscc1O.[H-].[Na+]. The maximum absolute atomic E-state index is 9.56. The van der Waals surface area contributed by atoms with Crippen molar-refractivity contribution < 1.29 is 49.1 Å². The quantitative estimate of drug-likeness (QED) is 0.482. The second-order valence-corrected chi connectivity index (χ2v) is 4.80. The van der Waals surface area contributed by atoms with Crippen molar-refractivity contribution in [1.82, 2.24) is 0 Å². The van der Waals surface area contributed by atoms with E-state index in [0.717, 1.165) is 5.56 Å². The largest absolute Gasteiger partial charge is 1.00 e. The van der Waals surface area contributed by atoms with Crippen LogP contribution in [0.25, 0.3) is 0 Å². The van der Waals surface area contributed by atoms with Crippen LogP contribution in [0.2, 0.25) is 0 Å². The molecule has 0 atom stereocenters. The van der Waals surface area contributed by atoms with Gasteiger partial charge in [0.2, 0.25) is 0 Å². The van der Waals surface area contributed by atoms with Gasteiger partial charge in [-0.1, -0.05) is 0 Å². The fourth-order valence-corrected chi connectivity index (χ4v) is 1.06. The normalized spacial score (nSPS) is 9.64. The van der Waals surface area contributed by atoms with E-state index >= 15 is 0 Å². The van der Waals surface area contributed by atoms with Crippen LogP contribution in [-0.4, -0.2) is 23.8 Å². The van der Waals surface area contributed by atoms with Crippen LogP contribution in [0.5, 0.6) is 5.75 Å². The van der Waals surface area contributed by atoms with Crippen molar-refractivity contribution in [2.45, 2.75) is 13.8 Å². The van der Waals surface area contributed by atoms with Gasteiger partial charge < -0.3 is 6.53 Å². The van der Waals surface area contributed by atoms with Gasteiger partial charge in [-0.05, 0) is 19.2 Å².